The van der Waals surface area contributed by atoms with E-state index in [0.29, 0.717) is 6.42 Å². The van der Waals surface area contributed by atoms with Gasteiger partial charge >= 0.3 is 6.18 Å². The first-order chi connectivity index (χ1) is 15.8. The third kappa shape index (κ3) is 6.26. The Morgan fingerprint density at radius 3 is 2.24 bits per heavy atom. The van der Waals surface area contributed by atoms with Crippen molar-refractivity contribution < 1.29 is 41.6 Å². The van der Waals surface area contributed by atoms with Crippen molar-refractivity contribution in [3.63, 3.8) is 0 Å². The number of hydrogen-bond donors (Lipinski definition) is 2. The van der Waals surface area contributed by atoms with Crippen LogP contribution in [0.1, 0.15) is 51.1 Å². The van der Waals surface area contributed by atoms with Gasteiger partial charge in [0, 0.05) is 6.54 Å². The van der Waals surface area contributed by atoms with E-state index in [-0.39, 0.29) is 30.5 Å². The molecule has 1 aliphatic heterocycles. The van der Waals surface area contributed by atoms with Crippen molar-refractivity contribution in [1.29, 1.82) is 0 Å². The van der Waals surface area contributed by atoms with Crippen molar-refractivity contribution >= 4 is 23.5 Å². The van der Waals surface area contributed by atoms with E-state index in [2.05, 4.69) is 15.8 Å². The molecule has 2 heterocycles. The molecule has 34 heavy (non-hydrogen) atoms. The summed E-state index contributed by atoms with van der Waals surface area (Å²) in [6, 6.07) is -2.65. The maximum absolute atomic E-state index is 13.3. The molecule has 0 bridgehead atoms. The van der Waals surface area contributed by atoms with Crippen LogP contribution in [-0.2, 0) is 14.4 Å². The van der Waals surface area contributed by atoms with Crippen molar-refractivity contribution in [3.05, 3.63) is 11.8 Å². The molecule has 10 nitrogen and oxygen atoms in total. The quantitative estimate of drug-likeness (QED) is 0.539. The number of nitrogens with one attached hydrogen (secondary N) is 2. The standard InChI is InChI=1S/C21H29F3N4O6/c1-10(2)15(17(29)21(22,23)24)25-18(30)12-7-6-8-28(12)20(32)16(11(3)4)26-19(31)13-9-14(33-5)27-34-13/h9-12,15-16H,6-8H2,1-5H3,(H,25,30)(H,26,31)/t12-,15-,16-/m0/s1. The molecule has 2 N–H and O–H groups in total. The fourth-order valence-corrected chi connectivity index (χ4v) is 3.63. The van der Waals surface area contributed by atoms with Crippen LogP contribution in [0.4, 0.5) is 13.2 Å². The first-order valence-electron chi connectivity index (χ1n) is 10.8. The van der Waals surface area contributed by atoms with Gasteiger partial charge in [-0.25, -0.2) is 0 Å². The van der Waals surface area contributed by atoms with Gasteiger partial charge in [0.2, 0.25) is 17.6 Å². The lowest BCUT2D eigenvalue weighted by atomic mass is 9.98. The summed E-state index contributed by atoms with van der Waals surface area (Å²) in [6.07, 6.45) is -4.47. The minimum atomic E-state index is -5.11. The number of hydrogen-bond acceptors (Lipinski definition) is 7. The molecule has 0 spiro atoms. The highest BCUT2D eigenvalue weighted by atomic mass is 19.4. The average Bonchev–Trinajstić information content (AvgIpc) is 3.43. The number of methoxy groups -OCH3 is 1. The first-order valence-corrected chi connectivity index (χ1v) is 10.8. The van der Waals surface area contributed by atoms with Crippen LogP contribution in [-0.4, -0.2) is 71.5 Å². The van der Waals surface area contributed by atoms with Crippen molar-refractivity contribution in [2.24, 2.45) is 11.8 Å². The number of amides is 3. The second-order valence-corrected chi connectivity index (χ2v) is 8.71. The summed E-state index contributed by atoms with van der Waals surface area (Å²) >= 11 is 0. The monoisotopic (exact) mass is 490 g/mol. The largest absolute Gasteiger partial charge is 0.479 e. The molecule has 2 rings (SSSR count). The van der Waals surface area contributed by atoms with Crippen molar-refractivity contribution in [3.8, 4) is 5.88 Å². The molecule has 1 aromatic heterocycles. The van der Waals surface area contributed by atoms with Gasteiger partial charge in [0.25, 0.3) is 17.6 Å². The Bertz CT molecular complexity index is 915. The Morgan fingerprint density at radius 1 is 1.12 bits per heavy atom. The van der Waals surface area contributed by atoms with Crippen LogP contribution in [0.5, 0.6) is 5.88 Å². The predicted octanol–water partition coefficient (Wildman–Crippen LogP) is 1.70. The predicted molar refractivity (Wildman–Crippen MR) is 112 cm³/mol. The van der Waals surface area contributed by atoms with Crippen LogP contribution in [0.2, 0.25) is 0 Å². The maximum Gasteiger partial charge on any atom is 0.452 e. The number of nitrogens with zero attached hydrogens (tertiary/aromatic N) is 2. The molecule has 0 aromatic carbocycles. The molecule has 0 saturated carbocycles. The number of ether oxygens (including phenoxy) is 1. The second kappa shape index (κ2) is 10.9. The van der Waals surface area contributed by atoms with Crippen molar-refractivity contribution in [2.75, 3.05) is 13.7 Å². The van der Waals surface area contributed by atoms with Gasteiger partial charge in [0.05, 0.1) is 19.2 Å². The van der Waals surface area contributed by atoms with Gasteiger partial charge in [-0.3, -0.25) is 19.2 Å². The summed E-state index contributed by atoms with van der Waals surface area (Å²) in [4.78, 5) is 51.6. The highest BCUT2D eigenvalue weighted by molar-refractivity contribution is 5.98. The number of aromatic nitrogens is 1. The zero-order valence-corrected chi connectivity index (χ0v) is 19.6. The molecule has 1 aromatic rings. The van der Waals surface area contributed by atoms with E-state index < -0.39 is 53.7 Å². The number of carbonyl (C=O) groups excluding carboxylic acids is 4. The summed E-state index contributed by atoms with van der Waals surface area (Å²) < 4.78 is 48.6. The normalized spacial score (nSPS) is 18.1. The zero-order valence-electron chi connectivity index (χ0n) is 19.6. The van der Waals surface area contributed by atoms with Crippen LogP contribution in [0.15, 0.2) is 10.6 Å². The second-order valence-electron chi connectivity index (χ2n) is 8.71. The van der Waals surface area contributed by atoms with E-state index in [1.807, 2.05) is 0 Å². The lowest BCUT2D eigenvalue weighted by Gasteiger charge is -2.31. The smallest absolute Gasteiger partial charge is 0.452 e. The average molecular weight is 490 g/mol. The molecule has 1 fully saturated rings. The van der Waals surface area contributed by atoms with Crippen LogP contribution >= 0.6 is 0 Å². The van der Waals surface area contributed by atoms with Gasteiger partial charge in [-0.2, -0.15) is 13.2 Å². The Balaban J connectivity index is 2.16. The molecule has 1 saturated heterocycles. The van der Waals surface area contributed by atoms with E-state index in [1.165, 1.54) is 31.9 Å². The van der Waals surface area contributed by atoms with E-state index in [0.717, 1.165) is 0 Å². The SMILES string of the molecule is COc1cc(C(=O)N[C@H](C(=O)N2CCC[C@H]2C(=O)N[C@H](C(=O)C(F)(F)F)C(C)C)C(C)C)on1. The number of Topliss-reactive ketones (excluding diaryl/α,β-unsaturated/α-hetero) is 1. The molecule has 0 unspecified atom stereocenters. The van der Waals surface area contributed by atoms with Gasteiger partial charge in [0.1, 0.15) is 12.1 Å². The van der Waals surface area contributed by atoms with E-state index in [1.54, 1.807) is 13.8 Å². The third-order valence-electron chi connectivity index (χ3n) is 5.51. The van der Waals surface area contributed by atoms with Gasteiger partial charge in [-0.15, -0.1) is 0 Å². The van der Waals surface area contributed by atoms with Gasteiger partial charge in [0.15, 0.2) is 0 Å². The van der Waals surface area contributed by atoms with Crippen molar-refractivity contribution in [2.45, 2.75) is 64.8 Å². The highest BCUT2D eigenvalue weighted by Crippen LogP contribution is 2.24. The molecule has 0 aliphatic carbocycles. The van der Waals surface area contributed by atoms with Gasteiger partial charge < -0.3 is 24.8 Å². The minimum absolute atomic E-state index is 0.0713. The Hall–Kier alpha value is -3.12. The summed E-state index contributed by atoms with van der Waals surface area (Å²) in [6.45, 7) is 6.31. The lowest BCUT2D eigenvalue weighted by Crippen LogP contribution is -2.58. The number of halogens is 3. The van der Waals surface area contributed by atoms with Crippen LogP contribution in [0, 0.1) is 11.8 Å². The third-order valence-corrected chi connectivity index (χ3v) is 5.51. The minimum Gasteiger partial charge on any atom is -0.479 e. The topological polar surface area (TPSA) is 131 Å². The summed E-state index contributed by atoms with van der Waals surface area (Å²) in [5.41, 5.74) is 0. The molecule has 190 valence electrons. The summed E-state index contributed by atoms with van der Waals surface area (Å²) in [7, 11) is 1.34. The van der Waals surface area contributed by atoms with Crippen molar-refractivity contribution in [1.82, 2.24) is 20.7 Å². The highest BCUT2D eigenvalue weighted by Gasteiger charge is 2.46. The Morgan fingerprint density at radius 2 is 1.74 bits per heavy atom. The molecule has 3 atom stereocenters. The molecular weight excluding hydrogens is 461 g/mol. The first kappa shape index (κ1) is 27.1. The Kier molecular flexibility index (Phi) is 8.67. The molecule has 13 heteroatoms. The van der Waals surface area contributed by atoms with Gasteiger partial charge in [-0.1, -0.05) is 27.7 Å². The van der Waals surface area contributed by atoms with Gasteiger partial charge in [-0.05, 0) is 29.8 Å². The molecular formula is C21H29F3N4O6. The fourth-order valence-electron chi connectivity index (χ4n) is 3.63. The molecule has 1 aliphatic rings. The fraction of sp³-hybridized carbons (Fsp3) is 0.667. The van der Waals surface area contributed by atoms with Crippen LogP contribution in [0.3, 0.4) is 0 Å². The number of ketones is 1. The number of rotatable bonds is 9. The Labute approximate surface area is 194 Å². The number of carbonyl (C=O) groups is 4. The summed E-state index contributed by atoms with van der Waals surface area (Å²) in [5, 5.41) is 8.24. The number of likely N-dealkylation sites (tertiary alicyclic amines) is 1. The summed E-state index contributed by atoms with van der Waals surface area (Å²) in [5.74, 6) is -5.52. The molecule has 0 radical (unpaired) electrons. The number of alkyl halides is 3. The zero-order chi connectivity index (χ0) is 25.8. The van der Waals surface area contributed by atoms with E-state index in [9.17, 15) is 32.3 Å². The molecule has 3 amide bonds. The lowest BCUT2D eigenvalue weighted by molar-refractivity contribution is -0.175. The maximum atomic E-state index is 13.3. The van der Waals surface area contributed by atoms with E-state index >= 15 is 0 Å². The van der Waals surface area contributed by atoms with E-state index in [4.69, 9.17) is 9.26 Å². The van der Waals surface area contributed by atoms with Crippen LogP contribution in [0.25, 0.3) is 0 Å². The van der Waals surface area contributed by atoms with Crippen LogP contribution < -0.4 is 15.4 Å².